The first-order valence-electron chi connectivity index (χ1n) is 6.15. The molecule has 3 N–H and O–H groups in total. The van der Waals surface area contributed by atoms with Crippen molar-refractivity contribution in [1.29, 1.82) is 0 Å². The van der Waals surface area contributed by atoms with Crippen LogP contribution < -0.4 is 11.1 Å². The minimum absolute atomic E-state index is 0.486. The summed E-state index contributed by atoms with van der Waals surface area (Å²) in [5.74, 6) is 2.66. The van der Waals surface area contributed by atoms with E-state index in [4.69, 9.17) is 5.73 Å². The number of nitrogens with one attached hydrogen (secondary N) is 1. The number of hydrogen-bond acceptors (Lipinski definition) is 2. The van der Waals surface area contributed by atoms with Gasteiger partial charge in [-0.05, 0) is 50.0 Å². The highest BCUT2D eigenvalue weighted by Gasteiger charge is 2.34. The first-order valence-corrected chi connectivity index (χ1v) is 6.15. The van der Waals surface area contributed by atoms with E-state index in [2.05, 4.69) is 19.2 Å². The summed E-state index contributed by atoms with van der Waals surface area (Å²) in [6.07, 6.45) is 5.19. The van der Waals surface area contributed by atoms with Crippen LogP contribution in [-0.4, -0.2) is 18.6 Å². The smallest absolute Gasteiger partial charge is 0.00980 e. The molecule has 0 aromatic carbocycles. The lowest BCUT2D eigenvalue weighted by molar-refractivity contribution is 0.133. The molecule has 5 unspecified atom stereocenters. The molecule has 0 radical (unpaired) electrons. The van der Waals surface area contributed by atoms with Gasteiger partial charge in [0.1, 0.15) is 0 Å². The maximum atomic E-state index is 5.90. The SMILES string of the molecule is CC1CC(NCC2CCC(N)C2)C1C. The molecule has 2 aliphatic rings. The summed E-state index contributed by atoms with van der Waals surface area (Å²) in [4.78, 5) is 0. The summed E-state index contributed by atoms with van der Waals surface area (Å²) in [7, 11) is 0. The third kappa shape index (κ3) is 2.12. The average molecular weight is 196 g/mol. The summed E-state index contributed by atoms with van der Waals surface area (Å²) in [5.41, 5.74) is 5.90. The molecule has 2 saturated carbocycles. The van der Waals surface area contributed by atoms with Crippen LogP contribution in [0.5, 0.6) is 0 Å². The van der Waals surface area contributed by atoms with Gasteiger partial charge < -0.3 is 11.1 Å². The second-order valence-corrected chi connectivity index (χ2v) is 5.53. The molecule has 82 valence electrons. The maximum Gasteiger partial charge on any atom is 0.00980 e. The zero-order chi connectivity index (χ0) is 10.1. The van der Waals surface area contributed by atoms with Crippen molar-refractivity contribution in [3.05, 3.63) is 0 Å². The van der Waals surface area contributed by atoms with Crippen LogP contribution in [-0.2, 0) is 0 Å². The Balaban J connectivity index is 1.63. The van der Waals surface area contributed by atoms with E-state index in [1.807, 2.05) is 0 Å². The minimum Gasteiger partial charge on any atom is -0.328 e. The second kappa shape index (κ2) is 4.19. The molecule has 0 aromatic rings. The number of hydrogen-bond donors (Lipinski definition) is 2. The highest BCUT2D eigenvalue weighted by Crippen LogP contribution is 2.34. The summed E-state index contributed by atoms with van der Waals surface area (Å²) in [6.45, 7) is 5.93. The zero-order valence-corrected chi connectivity index (χ0v) is 9.50. The first-order chi connectivity index (χ1) is 6.66. The molecule has 0 saturated heterocycles. The van der Waals surface area contributed by atoms with Gasteiger partial charge in [-0.15, -0.1) is 0 Å². The molecule has 2 heteroatoms. The lowest BCUT2D eigenvalue weighted by Crippen LogP contribution is -2.49. The zero-order valence-electron chi connectivity index (χ0n) is 9.50. The lowest BCUT2D eigenvalue weighted by atomic mass is 9.71. The van der Waals surface area contributed by atoms with Gasteiger partial charge in [-0.25, -0.2) is 0 Å². The van der Waals surface area contributed by atoms with E-state index in [1.165, 1.54) is 32.2 Å². The van der Waals surface area contributed by atoms with E-state index in [-0.39, 0.29) is 0 Å². The van der Waals surface area contributed by atoms with Crippen LogP contribution in [0.1, 0.15) is 39.5 Å². The van der Waals surface area contributed by atoms with Crippen molar-refractivity contribution in [3.8, 4) is 0 Å². The van der Waals surface area contributed by atoms with E-state index in [9.17, 15) is 0 Å². The molecular weight excluding hydrogens is 172 g/mol. The van der Waals surface area contributed by atoms with Crippen LogP contribution in [0.15, 0.2) is 0 Å². The Bertz CT molecular complexity index is 189. The van der Waals surface area contributed by atoms with Crippen LogP contribution in [0.3, 0.4) is 0 Å². The van der Waals surface area contributed by atoms with Crippen molar-refractivity contribution in [2.24, 2.45) is 23.5 Å². The molecule has 14 heavy (non-hydrogen) atoms. The number of rotatable bonds is 3. The van der Waals surface area contributed by atoms with Gasteiger partial charge in [-0.2, -0.15) is 0 Å². The molecule has 0 amide bonds. The maximum absolute atomic E-state index is 5.90. The normalized spacial score (nSPS) is 47.8. The molecule has 5 atom stereocenters. The Hall–Kier alpha value is -0.0800. The van der Waals surface area contributed by atoms with Crippen molar-refractivity contribution in [2.45, 2.75) is 51.6 Å². The van der Waals surface area contributed by atoms with Gasteiger partial charge in [0.05, 0.1) is 0 Å². The highest BCUT2D eigenvalue weighted by molar-refractivity contribution is 4.90. The largest absolute Gasteiger partial charge is 0.328 e. The standard InChI is InChI=1S/C12H24N2/c1-8-5-12(9(8)2)14-7-10-3-4-11(13)6-10/h8-12,14H,3-7,13H2,1-2H3. The van der Waals surface area contributed by atoms with Gasteiger partial charge in [0.2, 0.25) is 0 Å². The summed E-state index contributed by atoms with van der Waals surface area (Å²) in [5, 5.41) is 3.71. The molecule has 0 spiro atoms. The predicted octanol–water partition coefficient (Wildman–Crippen LogP) is 1.75. The quantitative estimate of drug-likeness (QED) is 0.721. The first kappa shape index (κ1) is 10.4. The van der Waals surface area contributed by atoms with Crippen molar-refractivity contribution in [2.75, 3.05) is 6.54 Å². The Morgan fingerprint density at radius 3 is 2.50 bits per heavy atom. The van der Waals surface area contributed by atoms with Crippen LogP contribution in [0.2, 0.25) is 0 Å². The average Bonchev–Trinajstić information content (AvgIpc) is 2.58. The molecule has 2 nitrogen and oxygen atoms in total. The van der Waals surface area contributed by atoms with Gasteiger partial charge in [-0.3, -0.25) is 0 Å². The Labute approximate surface area is 87.6 Å². The highest BCUT2D eigenvalue weighted by atomic mass is 14.9. The van der Waals surface area contributed by atoms with Crippen molar-refractivity contribution >= 4 is 0 Å². The molecule has 2 aliphatic carbocycles. The van der Waals surface area contributed by atoms with E-state index < -0.39 is 0 Å². The lowest BCUT2D eigenvalue weighted by Gasteiger charge is -2.42. The van der Waals surface area contributed by atoms with Crippen LogP contribution >= 0.6 is 0 Å². The van der Waals surface area contributed by atoms with Crippen LogP contribution in [0, 0.1) is 17.8 Å². The third-order valence-corrected chi connectivity index (χ3v) is 4.41. The third-order valence-electron chi connectivity index (χ3n) is 4.41. The molecule has 0 aliphatic heterocycles. The van der Waals surface area contributed by atoms with Gasteiger partial charge in [0.15, 0.2) is 0 Å². The van der Waals surface area contributed by atoms with Gasteiger partial charge >= 0.3 is 0 Å². The van der Waals surface area contributed by atoms with Crippen LogP contribution in [0.4, 0.5) is 0 Å². The van der Waals surface area contributed by atoms with E-state index in [0.29, 0.717) is 6.04 Å². The predicted molar refractivity (Wildman–Crippen MR) is 60.1 cm³/mol. The molecule has 2 rings (SSSR count). The summed E-state index contributed by atoms with van der Waals surface area (Å²) >= 11 is 0. The molecular formula is C12H24N2. The fraction of sp³-hybridized carbons (Fsp3) is 1.00. The fourth-order valence-electron chi connectivity index (χ4n) is 2.92. The molecule has 0 aromatic heterocycles. The number of nitrogens with two attached hydrogens (primary N) is 1. The van der Waals surface area contributed by atoms with E-state index in [0.717, 1.165) is 23.8 Å². The van der Waals surface area contributed by atoms with Crippen molar-refractivity contribution in [1.82, 2.24) is 5.32 Å². The topological polar surface area (TPSA) is 38.0 Å². The summed E-state index contributed by atoms with van der Waals surface area (Å²) < 4.78 is 0. The molecule has 2 fully saturated rings. The molecule has 0 heterocycles. The van der Waals surface area contributed by atoms with Gasteiger partial charge in [-0.1, -0.05) is 13.8 Å². The Kier molecular flexibility index (Phi) is 3.13. The monoisotopic (exact) mass is 196 g/mol. The Morgan fingerprint density at radius 1 is 1.21 bits per heavy atom. The second-order valence-electron chi connectivity index (χ2n) is 5.53. The van der Waals surface area contributed by atoms with Crippen molar-refractivity contribution < 1.29 is 0 Å². The van der Waals surface area contributed by atoms with E-state index in [1.54, 1.807) is 0 Å². The molecule has 0 bridgehead atoms. The minimum atomic E-state index is 0.486. The Morgan fingerprint density at radius 2 is 2.00 bits per heavy atom. The summed E-state index contributed by atoms with van der Waals surface area (Å²) in [6, 6.07) is 1.28. The van der Waals surface area contributed by atoms with Crippen molar-refractivity contribution in [3.63, 3.8) is 0 Å². The fourth-order valence-corrected chi connectivity index (χ4v) is 2.92. The van der Waals surface area contributed by atoms with Gasteiger partial charge in [0, 0.05) is 12.1 Å². The van der Waals surface area contributed by atoms with Crippen LogP contribution in [0.25, 0.3) is 0 Å². The van der Waals surface area contributed by atoms with E-state index >= 15 is 0 Å². The van der Waals surface area contributed by atoms with Gasteiger partial charge in [0.25, 0.3) is 0 Å².